The van der Waals surface area contributed by atoms with Gasteiger partial charge in [0.1, 0.15) is 5.75 Å². The molecule has 1 N–H and O–H groups in total. The molecule has 2 aromatic carbocycles. The number of carbonyl (C=O) groups excluding carboxylic acids is 1. The zero-order valence-corrected chi connectivity index (χ0v) is 19.6. The predicted octanol–water partition coefficient (Wildman–Crippen LogP) is 4.46. The van der Waals surface area contributed by atoms with E-state index in [0.29, 0.717) is 6.54 Å². The molecule has 1 atom stereocenters. The molecule has 6 heteroatoms. The van der Waals surface area contributed by atoms with Crippen molar-refractivity contribution in [3.63, 3.8) is 0 Å². The number of carbonyl (C=O) groups is 1. The summed E-state index contributed by atoms with van der Waals surface area (Å²) in [5.41, 5.74) is 4.99. The van der Waals surface area contributed by atoms with Crippen molar-refractivity contribution < 1.29 is 9.53 Å². The van der Waals surface area contributed by atoms with Crippen LogP contribution in [0.25, 0.3) is 11.8 Å². The summed E-state index contributed by atoms with van der Waals surface area (Å²) in [4.78, 5) is 15.2. The maximum atomic E-state index is 12.7. The summed E-state index contributed by atoms with van der Waals surface area (Å²) in [6, 6.07) is 18.2. The van der Waals surface area contributed by atoms with Crippen molar-refractivity contribution in [2.45, 2.75) is 32.7 Å². The fourth-order valence-electron chi connectivity index (χ4n) is 4.56. The topological polar surface area (TPSA) is 59.4 Å². The zero-order valence-electron chi connectivity index (χ0n) is 19.6. The summed E-state index contributed by atoms with van der Waals surface area (Å²) in [6.07, 6.45) is 5.84. The van der Waals surface area contributed by atoms with Crippen molar-refractivity contribution in [3.8, 4) is 11.4 Å². The van der Waals surface area contributed by atoms with E-state index in [4.69, 9.17) is 4.74 Å². The van der Waals surface area contributed by atoms with Gasteiger partial charge in [0.2, 0.25) is 5.91 Å². The molecule has 0 bridgehead atoms. The average molecular weight is 445 g/mol. The molecule has 1 saturated heterocycles. The second-order valence-electron chi connectivity index (χ2n) is 8.41. The Kier molecular flexibility index (Phi) is 7.25. The molecule has 1 aliphatic heterocycles. The van der Waals surface area contributed by atoms with Gasteiger partial charge in [-0.1, -0.05) is 36.4 Å². The number of benzene rings is 2. The number of rotatable bonds is 8. The Morgan fingerprint density at radius 1 is 1.09 bits per heavy atom. The highest BCUT2D eigenvalue weighted by Crippen LogP contribution is 2.31. The first-order valence-electron chi connectivity index (χ1n) is 11.5. The lowest BCUT2D eigenvalue weighted by Gasteiger charge is -2.29. The van der Waals surface area contributed by atoms with Crippen molar-refractivity contribution in [1.29, 1.82) is 0 Å². The smallest absolute Gasteiger partial charge is 0.244 e. The lowest BCUT2D eigenvalue weighted by molar-refractivity contribution is -0.116. The Hall–Kier alpha value is -3.38. The third kappa shape index (κ3) is 5.17. The summed E-state index contributed by atoms with van der Waals surface area (Å²) < 4.78 is 7.52. The van der Waals surface area contributed by atoms with Crippen LogP contribution in [-0.4, -0.2) is 47.3 Å². The molecule has 33 heavy (non-hydrogen) atoms. The second-order valence-corrected chi connectivity index (χ2v) is 8.41. The molecule has 6 nitrogen and oxygen atoms in total. The number of hydrogen-bond acceptors (Lipinski definition) is 4. The third-order valence-electron chi connectivity index (χ3n) is 6.30. The van der Waals surface area contributed by atoms with Gasteiger partial charge in [-0.15, -0.1) is 0 Å². The lowest BCUT2D eigenvalue weighted by Crippen LogP contribution is -2.36. The van der Waals surface area contributed by atoms with Crippen molar-refractivity contribution in [3.05, 3.63) is 83.2 Å². The van der Waals surface area contributed by atoms with Gasteiger partial charge in [0.25, 0.3) is 0 Å². The molecular weight excluding hydrogens is 412 g/mol. The Labute approximate surface area is 195 Å². The van der Waals surface area contributed by atoms with Gasteiger partial charge >= 0.3 is 0 Å². The van der Waals surface area contributed by atoms with Crippen LogP contribution in [0, 0.1) is 13.8 Å². The first kappa shape index (κ1) is 22.8. The number of nitrogens with zero attached hydrogens (tertiary/aromatic N) is 3. The first-order valence-corrected chi connectivity index (χ1v) is 11.5. The Balaban J connectivity index is 1.47. The third-order valence-corrected chi connectivity index (χ3v) is 6.30. The van der Waals surface area contributed by atoms with Crippen molar-refractivity contribution in [1.82, 2.24) is 20.0 Å². The van der Waals surface area contributed by atoms with Gasteiger partial charge in [-0.2, -0.15) is 5.10 Å². The molecule has 1 fully saturated rings. The Morgan fingerprint density at radius 2 is 1.79 bits per heavy atom. The molecule has 1 unspecified atom stereocenters. The van der Waals surface area contributed by atoms with E-state index in [1.807, 2.05) is 73.1 Å². The molecular formula is C27H32N4O2. The molecule has 3 aromatic rings. The number of hydrogen-bond donors (Lipinski definition) is 1. The van der Waals surface area contributed by atoms with Gasteiger partial charge in [-0.3, -0.25) is 9.69 Å². The molecule has 2 heterocycles. The van der Waals surface area contributed by atoms with Crippen molar-refractivity contribution in [2.24, 2.45) is 0 Å². The summed E-state index contributed by atoms with van der Waals surface area (Å²) in [6.45, 7) is 6.59. The van der Waals surface area contributed by atoms with Crippen molar-refractivity contribution in [2.75, 3.05) is 26.7 Å². The summed E-state index contributed by atoms with van der Waals surface area (Å²) in [5.74, 6) is 0.749. The van der Waals surface area contributed by atoms with E-state index < -0.39 is 0 Å². The number of para-hydroxylation sites is 2. The number of nitrogens with one attached hydrogen (secondary N) is 1. The Bertz CT molecular complexity index is 1110. The quantitative estimate of drug-likeness (QED) is 0.521. The van der Waals surface area contributed by atoms with E-state index in [9.17, 15) is 4.79 Å². The zero-order chi connectivity index (χ0) is 23.2. The minimum Gasteiger partial charge on any atom is -0.496 e. The van der Waals surface area contributed by atoms with E-state index in [1.165, 1.54) is 12.8 Å². The minimum absolute atomic E-state index is 0.0882. The summed E-state index contributed by atoms with van der Waals surface area (Å²) in [5, 5.41) is 7.76. The standard InChI is InChI=1S/C27H32N4O2/c1-20-23(21(2)31(29-20)22-11-5-4-6-12-22)15-16-27(32)28-19-25(30-17-9-10-18-30)24-13-7-8-14-26(24)33-3/h4-8,11-16,25H,9-10,17-19H2,1-3H3,(H,28,32)/b16-15+. The van der Waals surface area contributed by atoms with Crippen LogP contribution in [-0.2, 0) is 4.79 Å². The van der Waals surface area contributed by atoms with Gasteiger partial charge in [0.05, 0.1) is 24.5 Å². The minimum atomic E-state index is -0.111. The van der Waals surface area contributed by atoms with Gasteiger partial charge < -0.3 is 10.1 Å². The maximum absolute atomic E-state index is 12.7. The molecule has 1 aliphatic rings. The molecule has 172 valence electrons. The van der Waals surface area contributed by atoms with Crippen molar-refractivity contribution >= 4 is 12.0 Å². The number of aryl methyl sites for hydroxylation is 1. The van der Waals surface area contributed by atoms with E-state index in [1.54, 1.807) is 13.2 Å². The van der Waals surface area contributed by atoms with E-state index >= 15 is 0 Å². The number of likely N-dealkylation sites (tertiary alicyclic amines) is 1. The SMILES string of the molecule is COc1ccccc1C(CNC(=O)/C=C/c1c(C)nn(-c2ccccc2)c1C)N1CCCC1. The number of ether oxygens (including phenoxy) is 1. The normalized spacial score (nSPS) is 15.1. The van der Waals surface area contributed by atoms with Gasteiger partial charge in [0.15, 0.2) is 0 Å². The number of amides is 1. The van der Waals surface area contributed by atoms with Crippen LogP contribution in [0.3, 0.4) is 0 Å². The highest BCUT2D eigenvalue weighted by atomic mass is 16.5. The summed E-state index contributed by atoms with van der Waals surface area (Å²) >= 11 is 0. The number of aromatic nitrogens is 2. The van der Waals surface area contributed by atoms with E-state index in [-0.39, 0.29) is 11.9 Å². The largest absolute Gasteiger partial charge is 0.496 e. The van der Waals surface area contributed by atoms with E-state index in [0.717, 1.165) is 47.0 Å². The second kappa shape index (κ2) is 10.5. The Morgan fingerprint density at radius 3 is 2.52 bits per heavy atom. The van der Waals surface area contributed by atoms with Gasteiger partial charge in [-0.05, 0) is 64.1 Å². The number of methoxy groups -OCH3 is 1. The van der Waals surface area contributed by atoms with Gasteiger partial charge in [-0.25, -0.2) is 4.68 Å². The van der Waals surface area contributed by atoms with Gasteiger partial charge in [0, 0.05) is 29.4 Å². The van der Waals surface area contributed by atoms with Crippen LogP contribution in [0.2, 0.25) is 0 Å². The molecule has 0 radical (unpaired) electrons. The molecule has 0 saturated carbocycles. The lowest BCUT2D eigenvalue weighted by atomic mass is 10.0. The predicted molar refractivity (Wildman–Crippen MR) is 132 cm³/mol. The highest BCUT2D eigenvalue weighted by molar-refractivity contribution is 5.92. The highest BCUT2D eigenvalue weighted by Gasteiger charge is 2.26. The fourth-order valence-corrected chi connectivity index (χ4v) is 4.56. The fraction of sp³-hybridized carbons (Fsp3) is 0.333. The molecule has 0 aliphatic carbocycles. The monoisotopic (exact) mass is 444 g/mol. The molecule has 4 rings (SSSR count). The van der Waals surface area contributed by atoms with E-state index in [2.05, 4.69) is 21.4 Å². The van der Waals surface area contributed by atoms with Crippen LogP contribution in [0.4, 0.5) is 0 Å². The summed E-state index contributed by atoms with van der Waals surface area (Å²) in [7, 11) is 1.70. The maximum Gasteiger partial charge on any atom is 0.244 e. The van der Waals surface area contributed by atoms with Crippen LogP contribution in [0.1, 0.15) is 41.4 Å². The molecule has 0 spiro atoms. The van der Waals surface area contributed by atoms with Crippen LogP contribution in [0.5, 0.6) is 5.75 Å². The first-order chi connectivity index (χ1) is 16.1. The van der Waals surface area contributed by atoms with Crippen LogP contribution in [0.15, 0.2) is 60.7 Å². The van der Waals surface area contributed by atoms with Crippen LogP contribution >= 0.6 is 0 Å². The van der Waals surface area contributed by atoms with Crippen LogP contribution < -0.4 is 10.1 Å². The molecule has 1 aromatic heterocycles. The molecule has 1 amide bonds. The average Bonchev–Trinajstić information content (AvgIpc) is 3.47.